The summed E-state index contributed by atoms with van der Waals surface area (Å²) in [5.74, 6) is -0.0128. The molecule has 2 fully saturated rings. The van der Waals surface area contributed by atoms with E-state index in [0.717, 1.165) is 10.7 Å². The largest absolute Gasteiger partial charge is 0.490 e. The Kier molecular flexibility index (Phi) is 7.56. The first-order valence-electron chi connectivity index (χ1n) is 11.0. The van der Waals surface area contributed by atoms with Crippen molar-refractivity contribution in [2.24, 2.45) is 0 Å². The molecular formula is C23H28FN3O5S. The highest BCUT2D eigenvalue weighted by molar-refractivity contribution is 7.09. The van der Waals surface area contributed by atoms with Crippen LogP contribution in [0.4, 0.5) is 4.39 Å². The lowest BCUT2D eigenvalue weighted by molar-refractivity contribution is -0.167. The Bertz CT molecular complexity index is 963. The Labute approximate surface area is 196 Å². The van der Waals surface area contributed by atoms with Gasteiger partial charge >= 0.3 is 0 Å². The van der Waals surface area contributed by atoms with Crippen LogP contribution in [0.3, 0.4) is 0 Å². The van der Waals surface area contributed by atoms with Gasteiger partial charge < -0.3 is 24.0 Å². The van der Waals surface area contributed by atoms with Gasteiger partial charge in [0, 0.05) is 25.0 Å². The molecule has 3 heterocycles. The van der Waals surface area contributed by atoms with E-state index in [4.69, 9.17) is 14.2 Å². The maximum Gasteiger partial charge on any atom is 0.228 e. The quantitative estimate of drug-likeness (QED) is 0.607. The number of aryl methyl sites for hydroxylation is 1. The molecule has 0 bridgehead atoms. The number of nitrogens with zero attached hydrogens (tertiary/aromatic N) is 3. The Hall–Kier alpha value is -2.56. The number of halogens is 1. The van der Waals surface area contributed by atoms with E-state index in [9.17, 15) is 14.0 Å². The summed E-state index contributed by atoms with van der Waals surface area (Å²) in [5, 5.41) is 2.80. The van der Waals surface area contributed by atoms with Crippen molar-refractivity contribution in [2.45, 2.75) is 25.4 Å². The second kappa shape index (κ2) is 10.6. The molecule has 2 aliphatic rings. The van der Waals surface area contributed by atoms with Gasteiger partial charge in [0.15, 0.2) is 0 Å². The Morgan fingerprint density at radius 1 is 1.12 bits per heavy atom. The van der Waals surface area contributed by atoms with Crippen molar-refractivity contribution in [3.63, 3.8) is 0 Å². The molecule has 2 amide bonds. The minimum atomic E-state index is -1.00. The second-order valence-electron chi connectivity index (χ2n) is 8.29. The van der Waals surface area contributed by atoms with Crippen LogP contribution < -0.4 is 4.74 Å². The molecule has 8 nitrogen and oxygen atoms in total. The fourth-order valence-electron chi connectivity index (χ4n) is 4.01. The van der Waals surface area contributed by atoms with Gasteiger partial charge in [0.05, 0.1) is 49.9 Å². The standard InChI is InChI=1S/C23H28FN3O5S/c1-17-25-19(14-33-17)12-21(28)27-8-11-32-23(15-27,13-22(29)26-6-9-30-10-7-26)16-31-20-4-2-18(24)3-5-20/h2-5,14H,6-13,15-16H2,1H3/t23-/m1/s1. The number of benzene rings is 1. The lowest BCUT2D eigenvalue weighted by Gasteiger charge is -2.43. The smallest absolute Gasteiger partial charge is 0.228 e. The molecule has 2 aromatic rings. The van der Waals surface area contributed by atoms with E-state index < -0.39 is 5.60 Å². The first-order chi connectivity index (χ1) is 15.9. The fraction of sp³-hybridized carbons (Fsp3) is 0.522. The molecule has 1 aromatic heterocycles. The van der Waals surface area contributed by atoms with Crippen molar-refractivity contribution in [3.05, 3.63) is 46.2 Å². The van der Waals surface area contributed by atoms with E-state index in [1.54, 1.807) is 9.80 Å². The molecule has 4 rings (SSSR count). The lowest BCUT2D eigenvalue weighted by atomic mass is 9.96. The van der Waals surface area contributed by atoms with E-state index in [2.05, 4.69) is 4.98 Å². The van der Waals surface area contributed by atoms with Gasteiger partial charge in [-0.3, -0.25) is 9.59 Å². The van der Waals surface area contributed by atoms with E-state index in [1.165, 1.54) is 35.6 Å². The molecule has 33 heavy (non-hydrogen) atoms. The minimum absolute atomic E-state index is 0.0615. The Balaban J connectivity index is 1.48. The van der Waals surface area contributed by atoms with Crippen molar-refractivity contribution in [2.75, 3.05) is 52.6 Å². The highest BCUT2D eigenvalue weighted by Gasteiger charge is 2.42. The Morgan fingerprint density at radius 2 is 1.85 bits per heavy atom. The Morgan fingerprint density at radius 3 is 2.55 bits per heavy atom. The van der Waals surface area contributed by atoms with E-state index in [0.29, 0.717) is 45.2 Å². The van der Waals surface area contributed by atoms with Crippen LogP contribution in [0.15, 0.2) is 29.6 Å². The first-order valence-corrected chi connectivity index (χ1v) is 11.9. The van der Waals surface area contributed by atoms with Crippen molar-refractivity contribution in [1.82, 2.24) is 14.8 Å². The van der Waals surface area contributed by atoms with Gasteiger partial charge in [0.2, 0.25) is 11.8 Å². The lowest BCUT2D eigenvalue weighted by Crippen LogP contribution is -2.59. The third-order valence-corrected chi connectivity index (χ3v) is 6.58. The summed E-state index contributed by atoms with van der Waals surface area (Å²) < 4.78 is 30.6. The first kappa shape index (κ1) is 23.6. The van der Waals surface area contributed by atoms with Crippen LogP contribution in [-0.4, -0.2) is 84.8 Å². The van der Waals surface area contributed by atoms with Crippen LogP contribution >= 0.6 is 11.3 Å². The zero-order chi connectivity index (χ0) is 23.3. The SMILES string of the molecule is Cc1nc(CC(=O)N2CCO[C@](COc3ccc(F)cc3)(CC(=O)N3CCOCC3)C2)cs1. The van der Waals surface area contributed by atoms with Crippen LogP contribution in [0, 0.1) is 12.7 Å². The summed E-state index contributed by atoms with van der Waals surface area (Å²) in [6.45, 7) is 4.99. The zero-order valence-corrected chi connectivity index (χ0v) is 19.4. The molecular weight excluding hydrogens is 449 g/mol. The number of carbonyl (C=O) groups excluding carboxylic acids is 2. The number of carbonyl (C=O) groups is 2. The molecule has 1 aromatic carbocycles. The molecule has 10 heteroatoms. The number of hydrogen-bond acceptors (Lipinski definition) is 7. The van der Waals surface area contributed by atoms with Gasteiger partial charge in [0.25, 0.3) is 0 Å². The predicted octanol–water partition coefficient (Wildman–Crippen LogP) is 2.06. The number of thiazole rings is 1. The number of ether oxygens (including phenoxy) is 3. The van der Waals surface area contributed by atoms with Crippen molar-refractivity contribution >= 4 is 23.2 Å². The average Bonchev–Trinajstić information content (AvgIpc) is 3.24. The summed E-state index contributed by atoms with van der Waals surface area (Å²) in [5.41, 5.74) is -0.262. The number of aromatic nitrogens is 1. The van der Waals surface area contributed by atoms with Gasteiger partial charge in [-0.2, -0.15) is 0 Å². The maximum atomic E-state index is 13.3. The number of hydrogen-bond donors (Lipinski definition) is 0. The molecule has 0 radical (unpaired) electrons. The zero-order valence-electron chi connectivity index (χ0n) is 18.6. The molecule has 0 spiro atoms. The molecule has 0 aliphatic carbocycles. The van der Waals surface area contributed by atoms with Crippen molar-refractivity contribution in [3.8, 4) is 5.75 Å². The molecule has 2 aliphatic heterocycles. The molecule has 2 saturated heterocycles. The third-order valence-electron chi connectivity index (χ3n) is 5.75. The van der Waals surface area contributed by atoms with Crippen molar-refractivity contribution < 1.29 is 28.2 Å². The summed E-state index contributed by atoms with van der Waals surface area (Å²) in [4.78, 5) is 33.9. The van der Waals surface area contributed by atoms with Crippen LogP contribution in [0.5, 0.6) is 5.75 Å². The molecule has 0 unspecified atom stereocenters. The molecule has 178 valence electrons. The van der Waals surface area contributed by atoms with E-state index >= 15 is 0 Å². The van der Waals surface area contributed by atoms with Crippen LogP contribution in [0.25, 0.3) is 0 Å². The van der Waals surface area contributed by atoms with Crippen LogP contribution in [-0.2, 0) is 25.5 Å². The summed E-state index contributed by atoms with van der Waals surface area (Å²) >= 11 is 1.51. The fourth-order valence-corrected chi connectivity index (χ4v) is 4.62. The summed E-state index contributed by atoms with van der Waals surface area (Å²) in [7, 11) is 0. The van der Waals surface area contributed by atoms with Gasteiger partial charge in [-0.15, -0.1) is 11.3 Å². The highest BCUT2D eigenvalue weighted by atomic mass is 32.1. The summed E-state index contributed by atoms with van der Waals surface area (Å²) in [6.07, 6.45) is 0.282. The average molecular weight is 478 g/mol. The molecule has 0 N–H and O–H groups in total. The van der Waals surface area contributed by atoms with Gasteiger partial charge in [-0.05, 0) is 31.2 Å². The molecule has 1 atom stereocenters. The number of rotatable bonds is 7. The molecule has 0 saturated carbocycles. The number of morpholine rings is 2. The van der Waals surface area contributed by atoms with Crippen LogP contribution in [0.1, 0.15) is 17.1 Å². The van der Waals surface area contributed by atoms with Crippen LogP contribution in [0.2, 0.25) is 0 Å². The number of amides is 2. The topological polar surface area (TPSA) is 81.2 Å². The van der Waals surface area contributed by atoms with Gasteiger partial charge in [0.1, 0.15) is 23.8 Å². The second-order valence-corrected chi connectivity index (χ2v) is 9.36. The van der Waals surface area contributed by atoms with Gasteiger partial charge in [-0.25, -0.2) is 9.37 Å². The van der Waals surface area contributed by atoms with Crippen molar-refractivity contribution in [1.29, 1.82) is 0 Å². The monoisotopic (exact) mass is 477 g/mol. The van der Waals surface area contributed by atoms with Gasteiger partial charge in [-0.1, -0.05) is 0 Å². The highest BCUT2D eigenvalue weighted by Crippen LogP contribution is 2.26. The normalized spacial score (nSPS) is 21.2. The maximum absolute atomic E-state index is 13.3. The predicted molar refractivity (Wildman–Crippen MR) is 120 cm³/mol. The van der Waals surface area contributed by atoms with E-state index in [-0.39, 0.29) is 43.6 Å². The third kappa shape index (κ3) is 6.27. The minimum Gasteiger partial charge on any atom is -0.490 e. The summed E-state index contributed by atoms with van der Waals surface area (Å²) in [6, 6.07) is 5.69. The van der Waals surface area contributed by atoms with E-state index in [1.807, 2.05) is 12.3 Å².